The zero-order valence-electron chi connectivity index (χ0n) is 14.5. The lowest BCUT2D eigenvalue weighted by molar-refractivity contribution is -0.125. The van der Waals surface area contributed by atoms with Crippen LogP contribution in [0.4, 0.5) is 4.39 Å². The zero-order chi connectivity index (χ0) is 17.9. The van der Waals surface area contributed by atoms with Crippen LogP contribution in [0.1, 0.15) is 24.8 Å². The zero-order valence-corrected chi connectivity index (χ0v) is 14.5. The molecule has 4 rings (SSSR count). The first-order chi connectivity index (χ1) is 12.7. The number of amides is 1. The molecule has 0 spiro atoms. The molecule has 1 aromatic heterocycles. The standard InChI is InChI=1S/C21H21FN2O2/c22-19-7-6-17(14-8-10-23-11-9-14)20-18(19)12-16(26-20)13-24-21(25)15-4-2-1-3-5-15/h1-2,6-11,15-16H,3-5,12-13H2,(H,24,25)/t15-,16+/m1/s1. The first-order valence-corrected chi connectivity index (χ1v) is 9.03. The van der Waals surface area contributed by atoms with Crippen LogP contribution in [0.2, 0.25) is 0 Å². The summed E-state index contributed by atoms with van der Waals surface area (Å²) < 4.78 is 20.3. The molecule has 1 N–H and O–H groups in total. The average molecular weight is 352 g/mol. The van der Waals surface area contributed by atoms with Crippen molar-refractivity contribution in [2.24, 2.45) is 5.92 Å². The van der Waals surface area contributed by atoms with Crippen LogP contribution in [0.5, 0.6) is 5.75 Å². The highest BCUT2D eigenvalue weighted by Crippen LogP contribution is 2.40. The first kappa shape index (κ1) is 16.8. The molecule has 0 radical (unpaired) electrons. The summed E-state index contributed by atoms with van der Waals surface area (Å²) in [6.07, 6.45) is 10.4. The normalized spacial score (nSPS) is 21.1. The SMILES string of the molecule is O=C(NC[C@@H]1Cc2c(F)ccc(-c3ccncc3)c2O1)[C@@H]1CC=CCC1. The van der Waals surface area contributed by atoms with Crippen LogP contribution in [0.15, 0.2) is 48.8 Å². The van der Waals surface area contributed by atoms with E-state index in [9.17, 15) is 9.18 Å². The summed E-state index contributed by atoms with van der Waals surface area (Å²) in [5.74, 6) is 0.414. The van der Waals surface area contributed by atoms with Gasteiger partial charge in [-0.25, -0.2) is 4.39 Å². The van der Waals surface area contributed by atoms with Gasteiger partial charge in [-0.15, -0.1) is 0 Å². The highest BCUT2D eigenvalue weighted by atomic mass is 19.1. The van der Waals surface area contributed by atoms with Crippen molar-refractivity contribution >= 4 is 5.91 Å². The molecule has 1 aliphatic heterocycles. The van der Waals surface area contributed by atoms with E-state index in [1.807, 2.05) is 12.1 Å². The Morgan fingerprint density at radius 3 is 2.85 bits per heavy atom. The Kier molecular flexibility index (Phi) is 4.69. The monoisotopic (exact) mass is 352 g/mol. The highest BCUT2D eigenvalue weighted by molar-refractivity contribution is 5.79. The van der Waals surface area contributed by atoms with Gasteiger partial charge in [-0.1, -0.05) is 12.2 Å². The van der Waals surface area contributed by atoms with E-state index in [1.54, 1.807) is 18.5 Å². The van der Waals surface area contributed by atoms with E-state index in [2.05, 4.69) is 22.5 Å². The van der Waals surface area contributed by atoms with Crippen LogP contribution < -0.4 is 10.1 Å². The fraction of sp³-hybridized carbons (Fsp3) is 0.333. The Morgan fingerprint density at radius 2 is 2.08 bits per heavy atom. The van der Waals surface area contributed by atoms with E-state index in [0.717, 1.165) is 30.4 Å². The second kappa shape index (κ2) is 7.28. The van der Waals surface area contributed by atoms with Gasteiger partial charge < -0.3 is 10.1 Å². The third-order valence-corrected chi connectivity index (χ3v) is 5.05. The van der Waals surface area contributed by atoms with Gasteiger partial charge in [-0.3, -0.25) is 9.78 Å². The topological polar surface area (TPSA) is 51.2 Å². The fourth-order valence-corrected chi connectivity index (χ4v) is 3.63. The molecule has 134 valence electrons. The summed E-state index contributed by atoms with van der Waals surface area (Å²) >= 11 is 0. The van der Waals surface area contributed by atoms with Crippen LogP contribution in [0, 0.1) is 11.7 Å². The minimum atomic E-state index is -0.260. The number of aromatic nitrogens is 1. The molecule has 2 aliphatic rings. The Balaban J connectivity index is 1.46. The molecular weight excluding hydrogens is 331 g/mol. The summed E-state index contributed by atoms with van der Waals surface area (Å²) in [5, 5.41) is 2.98. The number of nitrogens with one attached hydrogen (secondary N) is 1. The fourth-order valence-electron chi connectivity index (χ4n) is 3.63. The number of benzene rings is 1. The van der Waals surface area contributed by atoms with Crippen LogP contribution in [-0.4, -0.2) is 23.5 Å². The molecule has 1 aliphatic carbocycles. The van der Waals surface area contributed by atoms with Gasteiger partial charge in [0.2, 0.25) is 5.91 Å². The molecule has 5 heteroatoms. The molecule has 1 amide bonds. The minimum Gasteiger partial charge on any atom is -0.487 e. The molecule has 1 aromatic carbocycles. The molecule has 2 atom stereocenters. The second-order valence-electron chi connectivity index (χ2n) is 6.81. The van der Waals surface area contributed by atoms with Crippen molar-refractivity contribution < 1.29 is 13.9 Å². The summed E-state index contributed by atoms with van der Waals surface area (Å²) in [6.45, 7) is 0.392. The molecule has 0 unspecified atom stereocenters. The Labute approximate surface area is 152 Å². The molecule has 2 heterocycles. The summed E-state index contributed by atoms with van der Waals surface area (Å²) in [6, 6.07) is 6.97. The quantitative estimate of drug-likeness (QED) is 0.855. The number of hydrogen-bond donors (Lipinski definition) is 1. The molecule has 4 nitrogen and oxygen atoms in total. The lowest BCUT2D eigenvalue weighted by Gasteiger charge is -2.19. The van der Waals surface area contributed by atoms with Gasteiger partial charge in [0.1, 0.15) is 17.7 Å². The van der Waals surface area contributed by atoms with E-state index in [-0.39, 0.29) is 23.7 Å². The van der Waals surface area contributed by atoms with Crippen LogP contribution in [-0.2, 0) is 11.2 Å². The number of hydrogen-bond acceptors (Lipinski definition) is 3. The lowest BCUT2D eigenvalue weighted by Crippen LogP contribution is -2.38. The molecule has 26 heavy (non-hydrogen) atoms. The maximum atomic E-state index is 14.3. The predicted molar refractivity (Wildman–Crippen MR) is 97.2 cm³/mol. The van der Waals surface area contributed by atoms with E-state index >= 15 is 0 Å². The minimum absolute atomic E-state index is 0.0351. The van der Waals surface area contributed by atoms with Crippen molar-refractivity contribution in [2.75, 3.05) is 6.54 Å². The number of rotatable bonds is 4. The van der Waals surface area contributed by atoms with Crippen molar-refractivity contribution in [2.45, 2.75) is 31.8 Å². The van der Waals surface area contributed by atoms with Crippen LogP contribution >= 0.6 is 0 Å². The molecule has 2 aromatic rings. The number of carbonyl (C=O) groups excluding carboxylic acids is 1. The third-order valence-electron chi connectivity index (χ3n) is 5.05. The smallest absolute Gasteiger partial charge is 0.223 e. The Hall–Kier alpha value is -2.69. The molecule has 0 fully saturated rings. The third kappa shape index (κ3) is 3.34. The number of nitrogens with zero attached hydrogens (tertiary/aromatic N) is 1. The van der Waals surface area contributed by atoms with Crippen molar-refractivity contribution in [3.05, 3.63) is 60.2 Å². The average Bonchev–Trinajstić information content (AvgIpc) is 3.13. The summed E-state index contributed by atoms with van der Waals surface area (Å²) in [5.41, 5.74) is 2.38. The van der Waals surface area contributed by atoms with Gasteiger partial charge >= 0.3 is 0 Å². The first-order valence-electron chi connectivity index (χ1n) is 9.03. The van der Waals surface area contributed by atoms with Gasteiger partial charge in [0.15, 0.2) is 0 Å². The molecular formula is C21H21FN2O2. The maximum absolute atomic E-state index is 14.3. The van der Waals surface area contributed by atoms with Crippen LogP contribution in [0.25, 0.3) is 11.1 Å². The van der Waals surface area contributed by atoms with Crippen molar-refractivity contribution in [1.82, 2.24) is 10.3 Å². The van der Waals surface area contributed by atoms with Crippen molar-refractivity contribution in [3.63, 3.8) is 0 Å². The predicted octanol–water partition coefficient (Wildman–Crippen LogP) is 3.66. The van der Waals surface area contributed by atoms with Gasteiger partial charge in [-0.05, 0) is 49.1 Å². The Bertz CT molecular complexity index is 835. The number of ether oxygens (including phenoxy) is 1. The van der Waals surface area contributed by atoms with E-state index in [1.165, 1.54) is 6.07 Å². The Morgan fingerprint density at radius 1 is 1.23 bits per heavy atom. The highest BCUT2D eigenvalue weighted by Gasteiger charge is 2.29. The maximum Gasteiger partial charge on any atom is 0.223 e. The number of pyridine rings is 1. The molecule has 0 saturated heterocycles. The van der Waals surface area contributed by atoms with E-state index in [0.29, 0.717) is 24.3 Å². The summed E-state index contributed by atoms with van der Waals surface area (Å²) in [7, 11) is 0. The number of halogens is 1. The van der Waals surface area contributed by atoms with Gasteiger partial charge in [-0.2, -0.15) is 0 Å². The number of carbonyl (C=O) groups is 1. The van der Waals surface area contributed by atoms with Crippen molar-refractivity contribution in [1.29, 1.82) is 0 Å². The summed E-state index contributed by atoms with van der Waals surface area (Å²) in [4.78, 5) is 16.3. The number of allylic oxidation sites excluding steroid dienone is 2. The number of fused-ring (bicyclic) bond motifs is 1. The van der Waals surface area contributed by atoms with Gasteiger partial charge in [0.25, 0.3) is 0 Å². The van der Waals surface area contributed by atoms with Crippen molar-refractivity contribution in [3.8, 4) is 16.9 Å². The van der Waals surface area contributed by atoms with E-state index in [4.69, 9.17) is 4.74 Å². The van der Waals surface area contributed by atoms with Crippen LogP contribution in [0.3, 0.4) is 0 Å². The van der Waals surface area contributed by atoms with Gasteiger partial charge in [0.05, 0.1) is 6.54 Å². The molecule has 0 bridgehead atoms. The van der Waals surface area contributed by atoms with E-state index < -0.39 is 0 Å². The largest absolute Gasteiger partial charge is 0.487 e. The van der Waals surface area contributed by atoms with Gasteiger partial charge in [0, 0.05) is 35.9 Å². The molecule has 0 saturated carbocycles. The second-order valence-corrected chi connectivity index (χ2v) is 6.81. The lowest BCUT2D eigenvalue weighted by atomic mass is 9.93.